The van der Waals surface area contributed by atoms with Crippen molar-refractivity contribution in [2.75, 3.05) is 0 Å². The maximum Gasteiger partial charge on any atom is 0.213 e. The molecular formula is C25H32N+. The minimum Gasteiger partial charge on any atom is -0.192 e. The van der Waals surface area contributed by atoms with Crippen LogP contribution in [-0.2, 0) is 11.0 Å². The van der Waals surface area contributed by atoms with Crippen LogP contribution in [0.25, 0.3) is 11.3 Å². The van der Waals surface area contributed by atoms with Gasteiger partial charge in [0, 0.05) is 25.5 Å². The lowest BCUT2D eigenvalue weighted by molar-refractivity contribution is -0.765. The molecule has 0 saturated heterocycles. The molecular weight excluding hydrogens is 314 g/mol. The smallest absolute Gasteiger partial charge is 0.192 e. The van der Waals surface area contributed by atoms with E-state index >= 15 is 0 Å². The summed E-state index contributed by atoms with van der Waals surface area (Å²) in [5.74, 6) is 1.63. The number of pyridine rings is 1. The zero-order valence-corrected chi connectivity index (χ0v) is 16.8. The third-order valence-electron chi connectivity index (χ3n) is 8.68. The van der Waals surface area contributed by atoms with Crippen molar-refractivity contribution >= 4 is 0 Å². The van der Waals surface area contributed by atoms with Gasteiger partial charge in [0.05, 0.1) is 11.0 Å². The molecule has 6 rings (SSSR count). The Morgan fingerprint density at radius 1 is 0.923 bits per heavy atom. The minimum absolute atomic E-state index is 0.118. The number of hydrogen-bond donors (Lipinski definition) is 0. The summed E-state index contributed by atoms with van der Waals surface area (Å²) < 4.78 is 2.59. The number of hydrogen-bond acceptors (Lipinski definition) is 0. The fourth-order valence-corrected chi connectivity index (χ4v) is 6.50. The quantitative estimate of drug-likeness (QED) is 0.570. The van der Waals surface area contributed by atoms with Crippen LogP contribution in [0.5, 0.6) is 0 Å². The lowest BCUT2D eigenvalue weighted by Gasteiger charge is -2.47. The van der Waals surface area contributed by atoms with E-state index in [1.54, 1.807) is 16.7 Å². The molecule has 2 aromatic rings. The van der Waals surface area contributed by atoms with Crippen LogP contribution in [0.2, 0.25) is 0 Å². The standard InChI is InChI=1S/C25H32N/c1-5-24(3)22-16-20-18-12-10-17(11-13-18)19(20)15-21(22)23-9-7-8-14-26(23)25(24,4)6-2/h7-9,14-18H,5-6,10-13H2,1-4H3/q+1. The van der Waals surface area contributed by atoms with Crippen molar-refractivity contribution < 1.29 is 4.57 Å². The molecule has 26 heavy (non-hydrogen) atoms. The van der Waals surface area contributed by atoms with Gasteiger partial charge in [0.15, 0.2) is 11.7 Å². The monoisotopic (exact) mass is 346 g/mol. The topological polar surface area (TPSA) is 3.88 Å². The second-order valence-corrected chi connectivity index (χ2v) is 9.34. The summed E-state index contributed by atoms with van der Waals surface area (Å²) in [6.07, 6.45) is 10.3. The summed E-state index contributed by atoms with van der Waals surface area (Å²) in [7, 11) is 0. The molecule has 2 bridgehead atoms. The zero-order valence-electron chi connectivity index (χ0n) is 16.8. The first kappa shape index (κ1) is 16.5. The van der Waals surface area contributed by atoms with Crippen molar-refractivity contribution in [2.24, 2.45) is 0 Å². The van der Waals surface area contributed by atoms with Crippen LogP contribution in [0.15, 0.2) is 36.5 Å². The van der Waals surface area contributed by atoms with Gasteiger partial charge in [0.25, 0.3) is 0 Å². The van der Waals surface area contributed by atoms with Crippen LogP contribution in [0, 0.1) is 0 Å². The number of fused-ring (bicyclic) bond motifs is 5. The molecule has 1 aliphatic heterocycles. The van der Waals surface area contributed by atoms with E-state index in [-0.39, 0.29) is 11.0 Å². The van der Waals surface area contributed by atoms with Crippen molar-refractivity contribution in [3.8, 4) is 11.3 Å². The molecule has 0 amide bonds. The fourth-order valence-electron chi connectivity index (χ4n) is 6.50. The van der Waals surface area contributed by atoms with Crippen molar-refractivity contribution in [3.05, 3.63) is 53.2 Å². The van der Waals surface area contributed by atoms with E-state index in [1.165, 1.54) is 43.4 Å². The molecule has 2 unspecified atom stereocenters. The summed E-state index contributed by atoms with van der Waals surface area (Å²) in [5, 5.41) is 0. The molecule has 1 aromatic carbocycles. The molecule has 1 heteroatoms. The van der Waals surface area contributed by atoms with E-state index in [1.807, 2.05) is 0 Å². The highest BCUT2D eigenvalue weighted by atomic mass is 15.1. The molecule has 1 fully saturated rings. The maximum absolute atomic E-state index is 2.66. The average molecular weight is 347 g/mol. The summed E-state index contributed by atoms with van der Waals surface area (Å²) in [4.78, 5) is 0. The van der Waals surface area contributed by atoms with Gasteiger partial charge in [-0.25, -0.2) is 0 Å². The highest BCUT2D eigenvalue weighted by molar-refractivity contribution is 5.68. The van der Waals surface area contributed by atoms with E-state index in [9.17, 15) is 0 Å². The Morgan fingerprint density at radius 2 is 1.58 bits per heavy atom. The molecule has 0 spiro atoms. The lowest BCUT2D eigenvalue weighted by atomic mass is 9.58. The molecule has 136 valence electrons. The zero-order chi connectivity index (χ0) is 18.1. The van der Waals surface area contributed by atoms with E-state index in [0.717, 1.165) is 18.3 Å². The first-order chi connectivity index (χ1) is 12.5. The van der Waals surface area contributed by atoms with E-state index in [4.69, 9.17) is 0 Å². The molecule has 4 aliphatic rings. The number of benzene rings is 1. The molecule has 1 aromatic heterocycles. The first-order valence-electron chi connectivity index (χ1n) is 10.7. The van der Waals surface area contributed by atoms with Crippen molar-refractivity contribution in [1.82, 2.24) is 0 Å². The summed E-state index contributed by atoms with van der Waals surface area (Å²) in [6.45, 7) is 9.75. The second-order valence-electron chi connectivity index (χ2n) is 9.34. The van der Waals surface area contributed by atoms with Gasteiger partial charge < -0.3 is 0 Å². The molecule has 3 aliphatic carbocycles. The SMILES string of the molecule is CCC1(C)c2cc3c(cc2-c2cccc[n+]2C1(C)CC)C1CCC3CC1. The molecule has 0 radical (unpaired) electrons. The second kappa shape index (κ2) is 5.44. The highest BCUT2D eigenvalue weighted by Crippen LogP contribution is 2.55. The Labute approximate surface area is 158 Å². The molecule has 1 saturated carbocycles. The Bertz CT molecular complexity index is 874. The predicted octanol–water partition coefficient (Wildman–Crippen LogP) is 6.20. The molecule has 1 nitrogen and oxygen atoms in total. The van der Waals surface area contributed by atoms with E-state index in [2.05, 4.69) is 68.8 Å². The summed E-state index contributed by atoms with van der Waals surface area (Å²) in [6, 6.07) is 12.0. The number of rotatable bonds is 2. The van der Waals surface area contributed by atoms with Crippen LogP contribution in [0.3, 0.4) is 0 Å². The van der Waals surface area contributed by atoms with Gasteiger partial charge in [0.1, 0.15) is 0 Å². The third-order valence-corrected chi connectivity index (χ3v) is 8.68. The predicted molar refractivity (Wildman–Crippen MR) is 108 cm³/mol. The largest absolute Gasteiger partial charge is 0.213 e. The lowest BCUT2D eigenvalue weighted by Crippen LogP contribution is -2.67. The van der Waals surface area contributed by atoms with Gasteiger partial charge in [-0.2, -0.15) is 4.57 Å². The minimum atomic E-state index is 0.118. The van der Waals surface area contributed by atoms with Crippen LogP contribution < -0.4 is 4.57 Å². The van der Waals surface area contributed by atoms with Gasteiger partial charge in [-0.05, 0) is 79.7 Å². The van der Waals surface area contributed by atoms with Gasteiger partial charge in [-0.15, -0.1) is 0 Å². The summed E-state index contributed by atoms with van der Waals surface area (Å²) in [5.41, 5.74) is 8.21. The molecule has 2 atom stereocenters. The summed E-state index contributed by atoms with van der Waals surface area (Å²) >= 11 is 0. The fraction of sp³-hybridized carbons (Fsp3) is 0.560. The number of aromatic nitrogens is 1. The van der Waals surface area contributed by atoms with Gasteiger partial charge in [0.2, 0.25) is 5.69 Å². The Morgan fingerprint density at radius 3 is 2.19 bits per heavy atom. The number of nitrogens with zero attached hydrogens (tertiary/aromatic N) is 1. The Kier molecular flexibility index (Phi) is 3.46. The van der Waals surface area contributed by atoms with Crippen LogP contribution in [0.1, 0.15) is 94.7 Å². The van der Waals surface area contributed by atoms with Crippen molar-refractivity contribution in [1.29, 1.82) is 0 Å². The third kappa shape index (κ3) is 1.85. The molecule has 2 heterocycles. The Balaban J connectivity index is 1.85. The highest BCUT2D eigenvalue weighted by Gasteiger charge is 2.56. The van der Waals surface area contributed by atoms with E-state index < -0.39 is 0 Å². The van der Waals surface area contributed by atoms with Gasteiger partial charge in [-0.1, -0.05) is 19.9 Å². The van der Waals surface area contributed by atoms with Crippen LogP contribution >= 0.6 is 0 Å². The normalized spacial score (nSPS) is 34.2. The first-order valence-corrected chi connectivity index (χ1v) is 10.7. The van der Waals surface area contributed by atoms with Gasteiger partial charge in [-0.3, -0.25) is 0 Å². The maximum atomic E-state index is 2.66. The molecule has 0 N–H and O–H groups in total. The Hall–Kier alpha value is -1.63. The van der Waals surface area contributed by atoms with E-state index in [0.29, 0.717) is 0 Å². The van der Waals surface area contributed by atoms with Gasteiger partial charge >= 0.3 is 0 Å². The van der Waals surface area contributed by atoms with Crippen molar-refractivity contribution in [2.45, 2.75) is 89.0 Å². The van der Waals surface area contributed by atoms with Crippen molar-refractivity contribution in [3.63, 3.8) is 0 Å². The van der Waals surface area contributed by atoms with Crippen LogP contribution in [0.4, 0.5) is 0 Å². The van der Waals surface area contributed by atoms with Crippen LogP contribution in [-0.4, -0.2) is 0 Å². The average Bonchev–Trinajstić information content (AvgIpc) is 2.72.